The van der Waals surface area contributed by atoms with E-state index >= 15 is 0 Å². The molecule has 1 fully saturated rings. The molecule has 1 amide bonds. The summed E-state index contributed by atoms with van der Waals surface area (Å²) in [6.07, 6.45) is 9.88. The summed E-state index contributed by atoms with van der Waals surface area (Å²) in [4.78, 5) is 32.7. The number of hydrogen-bond acceptors (Lipinski definition) is 6. The second kappa shape index (κ2) is 11.2. The number of carbonyl (C=O) groups excluding carboxylic acids is 2. The highest BCUT2D eigenvalue weighted by Gasteiger charge is 2.27. The van der Waals surface area contributed by atoms with Gasteiger partial charge in [-0.1, -0.05) is 36.4 Å². The molecule has 3 aliphatic heterocycles. The van der Waals surface area contributed by atoms with Crippen molar-refractivity contribution in [3.05, 3.63) is 70.6 Å². The fraction of sp³-hybridized carbons (Fsp3) is 0.448. The van der Waals surface area contributed by atoms with Crippen molar-refractivity contribution in [1.82, 2.24) is 19.9 Å². The van der Waals surface area contributed by atoms with Crippen LogP contribution in [-0.2, 0) is 28.9 Å². The van der Waals surface area contributed by atoms with Gasteiger partial charge in [-0.15, -0.1) is 0 Å². The third-order valence-electron chi connectivity index (χ3n) is 7.43. The molecule has 0 saturated carbocycles. The molecule has 3 aliphatic rings. The van der Waals surface area contributed by atoms with E-state index in [0.29, 0.717) is 30.4 Å². The summed E-state index contributed by atoms with van der Waals surface area (Å²) in [5.41, 5.74) is 4.85. The smallest absolute Gasteiger partial charge is 0.310 e. The van der Waals surface area contributed by atoms with Gasteiger partial charge in [0.05, 0.1) is 13.0 Å². The number of amides is 1. The van der Waals surface area contributed by atoms with E-state index in [1.54, 1.807) is 10.6 Å². The average molecular weight is 502 g/mol. The fourth-order valence-corrected chi connectivity index (χ4v) is 5.40. The largest absolute Gasteiger partial charge is 0.466 e. The fourth-order valence-electron chi connectivity index (χ4n) is 5.40. The number of benzene rings is 1. The summed E-state index contributed by atoms with van der Waals surface area (Å²) in [5, 5.41) is 7.75. The highest BCUT2D eigenvalue weighted by molar-refractivity contribution is 5.93. The molecule has 8 heteroatoms. The van der Waals surface area contributed by atoms with Crippen LogP contribution in [0.3, 0.4) is 0 Å². The van der Waals surface area contributed by atoms with E-state index in [9.17, 15) is 9.59 Å². The second-order valence-electron chi connectivity index (χ2n) is 9.91. The molecule has 0 unspecified atom stereocenters. The molecule has 5 heterocycles. The molecule has 0 atom stereocenters. The minimum absolute atomic E-state index is 0.124. The number of aromatic nitrogens is 3. The maximum atomic E-state index is 13.2. The first-order chi connectivity index (χ1) is 18.0. The van der Waals surface area contributed by atoms with E-state index in [-0.39, 0.29) is 18.3 Å². The van der Waals surface area contributed by atoms with Gasteiger partial charge >= 0.3 is 5.97 Å². The molecule has 1 N–H and O–H groups in total. The Morgan fingerprint density at radius 2 is 1.95 bits per heavy atom. The van der Waals surface area contributed by atoms with E-state index in [4.69, 9.17) is 14.8 Å². The molecule has 37 heavy (non-hydrogen) atoms. The summed E-state index contributed by atoms with van der Waals surface area (Å²) in [5.74, 6) is 0.946. The van der Waals surface area contributed by atoms with Gasteiger partial charge in [-0.05, 0) is 63.0 Å². The number of fused-ring (bicyclic) bond motifs is 7. The lowest BCUT2D eigenvalue weighted by molar-refractivity contribution is -0.142. The quantitative estimate of drug-likeness (QED) is 0.428. The van der Waals surface area contributed by atoms with Crippen molar-refractivity contribution in [2.45, 2.75) is 58.9 Å². The van der Waals surface area contributed by atoms with Crippen LogP contribution in [0.5, 0.6) is 0 Å². The Hall–Kier alpha value is -3.68. The Bertz CT molecular complexity index is 1320. The summed E-state index contributed by atoms with van der Waals surface area (Å²) < 4.78 is 7.01. The third kappa shape index (κ3) is 5.53. The molecule has 6 rings (SSSR count). The minimum Gasteiger partial charge on any atom is -0.466 e. The van der Waals surface area contributed by atoms with Crippen LogP contribution in [-0.4, -0.2) is 46.2 Å². The third-order valence-corrected chi connectivity index (χ3v) is 7.43. The standard InChI is InChI=1S/C29H35N5O3/c1-3-37-27(35)17-24-20(2)31-26-18-25-28(36)30-19-23-12-8-7-11-22(23)10-6-4-5-9-21-13-15-33(16-14-21)29(24)34(26)32-25/h4-5,7-8,11-12,18,21H,3,6,9-10,13-17,19H2,1-2H3,(H,30,36)/b5-4+. The number of hydrogen-bond donors (Lipinski definition) is 1. The molecule has 8 nitrogen and oxygen atoms in total. The Morgan fingerprint density at radius 3 is 2.73 bits per heavy atom. The highest BCUT2D eigenvalue weighted by atomic mass is 16.5. The molecule has 0 spiro atoms. The van der Waals surface area contributed by atoms with Crippen molar-refractivity contribution in [2.24, 2.45) is 5.92 Å². The number of carbonyl (C=O) groups is 2. The van der Waals surface area contributed by atoms with Crippen LogP contribution in [0.4, 0.5) is 5.82 Å². The topological polar surface area (TPSA) is 88.8 Å². The van der Waals surface area contributed by atoms with Gasteiger partial charge in [0.2, 0.25) is 0 Å². The summed E-state index contributed by atoms with van der Waals surface area (Å²) in [6, 6.07) is 10.00. The Labute approximate surface area is 217 Å². The van der Waals surface area contributed by atoms with Crippen LogP contribution < -0.4 is 10.2 Å². The molecule has 2 aromatic heterocycles. The van der Waals surface area contributed by atoms with Gasteiger partial charge in [0.25, 0.3) is 5.91 Å². The van der Waals surface area contributed by atoms with Crippen LogP contribution in [0.15, 0.2) is 42.5 Å². The van der Waals surface area contributed by atoms with Crippen molar-refractivity contribution in [3.8, 4) is 0 Å². The number of anilines is 1. The van der Waals surface area contributed by atoms with Crippen molar-refractivity contribution in [1.29, 1.82) is 0 Å². The Balaban J connectivity index is 1.55. The average Bonchev–Trinajstić information content (AvgIpc) is 3.32. The molecule has 4 bridgehead atoms. The van der Waals surface area contributed by atoms with Gasteiger partial charge in [-0.2, -0.15) is 9.61 Å². The number of aryl methyl sites for hydroxylation is 2. The first-order valence-corrected chi connectivity index (χ1v) is 13.3. The van der Waals surface area contributed by atoms with Crippen molar-refractivity contribution >= 4 is 23.3 Å². The van der Waals surface area contributed by atoms with Crippen LogP contribution >= 0.6 is 0 Å². The zero-order chi connectivity index (χ0) is 25.8. The number of ether oxygens (including phenoxy) is 1. The predicted octanol–water partition coefficient (Wildman–Crippen LogP) is 4.18. The van der Waals surface area contributed by atoms with E-state index < -0.39 is 0 Å². The molecule has 0 aliphatic carbocycles. The molecule has 1 aromatic carbocycles. The normalized spacial score (nSPS) is 17.8. The van der Waals surface area contributed by atoms with E-state index in [2.05, 4.69) is 40.6 Å². The van der Waals surface area contributed by atoms with E-state index in [0.717, 1.165) is 67.8 Å². The molecular formula is C29H35N5O3. The molecule has 3 aromatic rings. The van der Waals surface area contributed by atoms with Gasteiger partial charge in [0.15, 0.2) is 11.3 Å². The zero-order valence-corrected chi connectivity index (χ0v) is 21.7. The van der Waals surface area contributed by atoms with Crippen LogP contribution in [0.1, 0.15) is 65.5 Å². The van der Waals surface area contributed by atoms with Gasteiger partial charge in [-0.25, -0.2) is 4.98 Å². The first kappa shape index (κ1) is 25.0. The van der Waals surface area contributed by atoms with Crippen LogP contribution in [0, 0.1) is 12.8 Å². The summed E-state index contributed by atoms with van der Waals surface area (Å²) in [6.45, 7) is 6.21. The zero-order valence-electron chi connectivity index (χ0n) is 21.7. The lowest BCUT2D eigenvalue weighted by atomic mass is 9.92. The number of piperidine rings is 1. The molecular weight excluding hydrogens is 466 g/mol. The van der Waals surface area contributed by atoms with Gasteiger partial charge in [-0.3, -0.25) is 9.59 Å². The number of nitrogens with zero attached hydrogens (tertiary/aromatic N) is 4. The van der Waals surface area contributed by atoms with Gasteiger partial charge in [0, 0.05) is 37.0 Å². The van der Waals surface area contributed by atoms with Crippen molar-refractivity contribution < 1.29 is 14.3 Å². The Kier molecular flexibility index (Phi) is 7.53. The maximum absolute atomic E-state index is 13.2. The number of rotatable bonds is 3. The van der Waals surface area contributed by atoms with Crippen LogP contribution in [0.25, 0.3) is 5.65 Å². The first-order valence-electron chi connectivity index (χ1n) is 13.3. The maximum Gasteiger partial charge on any atom is 0.310 e. The number of allylic oxidation sites excluding steroid dienone is 2. The molecule has 0 radical (unpaired) electrons. The SMILES string of the molecule is CCOC(=O)Cc1c(C)nc2cc3nn2c1N1CCC(C/C=C/CCc2ccccc2CNC3=O)CC1. The lowest BCUT2D eigenvalue weighted by Crippen LogP contribution is -2.36. The van der Waals surface area contributed by atoms with E-state index in [1.165, 1.54) is 5.56 Å². The second-order valence-corrected chi connectivity index (χ2v) is 9.91. The van der Waals surface area contributed by atoms with E-state index in [1.807, 2.05) is 19.9 Å². The molecule has 1 saturated heterocycles. The van der Waals surface area contributed by atoms with Gasteiger partial charge in [0.1, 0.15) is 5.82 Å². The van der Waals surface area contributed by atoms with Crippen molar-refractivity contribution in [3.63, 3.8) is 0 Å². The lowest BCUT2D eigenvalue weighted by Gasteiger charge is -2.34. The minimum atomic E-state index is -0.286. The van der Waals surface area contributed by atoms with Crippen LogP contribution in [0.2, 0.25) is 0 Å². The summed E-state index contributed by atoms with van der Waals surface area (Å²) >= 11 is 0. The summed E-state index contributed by atoms with van der Waals surface area (Å²) in [7, 11) is 0. The molecule has 194 valence electrons. The van der Waals surface area contributed by atoms with Gasteiger partial charge < -0.3 is 15.0 Å². The predicted molar refractivity (Wildman–Crippen MR) is 143 cm³/mol. The van der Waals surface area contributed by atoms with Crippen molar-refractivity contribution in [2.75, 3.05) is 24.6 Å². The number of esters is 1. The monoisotopic (exact) mass is 501 g/mol. The highest BCUT2D eigenvalue weighted by Crippen LogP contribution is 2.31. The Morgan fingerprint density at radius 1 is 1.16 bits per heavy atom. The number of nitrogens with one attached hydrogen (secondary N) is 1.